The van der Waals surface area contributed by atoms with Gasteiger partial charge < -0.3 is 10.2 Å². The zero-order valence-electron chi connectivity index (χ0n) is 18.2. The summed E-state index contributed by atoms with van der Waals surface area (Å²) in [6.07, 6.45) is 3.88. The van der Waals surface area contributed by atoms with Crippen LogP contribution < -0.4 is 10.2 Å². The number of amides is 1. The average molecular weight is 458 g/mol. The van der Waals surface area contributed by atoms with E-state index in [-0.39, 0.29) is 24.9 Å². The largest absolute Gasteiger partial charge is 0.416 e. The van der Waals surface area contributed by atoms with E-state index in [2.05, 4.69) is 20.2 Å². The fourth-order valence-electron chi connectivity index (χ4n) is 3.99. The molecule has 0 spiro atoms. The van der Waals surface area contributed by atoms with Gasteiger partial charge in [-0.05, 0) is 43.9 Å². The molecule has 0 radical (unpaired) electrons. The smallest absolute Gasteiger partial charge is 0.353 e. The molecule has 1 amide bonds. The van der Waals surface area contributed by atoms with E-state index in [1.165, 1.54) is 12.1 Å². The van der Waals surface area contributed by atoms with Gasteiger partial charge in [-0.3, -0.25) is 9.36 Å². The van der Waals surface area contributed by atoms with Gasteiger partial charge in [0.1, 0.15) is 12.1 Å². The van der Waals surface area contributed by atoms with Crippen LogP contribution in [0.1, 0.15) is 42.5 Å². The van der Waals surface area contributed by atoms with Crippen LogP contribution in [0.4, 0.5) is 19.0 Å². The van der Waals surface area contributed by atoms with Crippen molar-refractivity contribution in [2.24, 2.45) is 0 Å². The number of carbonyl (C=O) groups is 1. The summed E-state index contributed by atoms with van der Waals surface area (Å²) in [4.78, 5) is 28.0. The van der Waals surface area contributed by atoms with Gasteiger partial charge in [0, 0.05) is 49.7 Å². The number of imidazole rings is 1. The van der Waals surface area contributed by atoms with Gasteiger partial charge in [0.2, 0.25) is 11.9 Å². The molecule has 33 heavy (non-hydrogen) atoms. The second-order valence-corrected chi connectivity index (χ2v) is 8.16. The number of rotatable bonds is 6. The highest BCUT2D eigenvalue weighted by atomic mass is 19.4. The highest BCUT2D eigenvalue weighted by Crippen LogP contribution is 2.29. The lowest BCUT2D eigenvalue weighted by Crippen LogP contribution is -2.43. The Kier molecular flexibility index (Phi) is 6.62. The van der Waals surface area contributed by atoms with Crippen molar-refractivity contribution >= 4 is 11.7 Å². The molecular formula is C23H25F3N6O. The maximum atomic E-state index is 12.7. The first-order chi connectivity index (χ1) is 15.8. The van der Waals surface area contributed by atoms with Crippen molar-refractivity contribution in [3.8, 4) is 5.95 Å². The summed E-state index contributed by atoms with van der Waals surface area (Å²) in [6, 6.07) is 6.73. The molecule has 1 atom stereocenters. The molecule has 1 N–H and O–H groups in total. The Morgan fingerprint density at radius 3 is 2.67 bits per heavy atom. The molecule has 3 aromatic rings. The Labute approximate surface area is 189 Å². The van der Waals surface area contributed by atoms with E-state index in [1.807, 2.05) is 13.0 Å². The van der Waals surface area contributed by atoms with Crippen molar-refractivity contribution in [3.05, 3.63) is 65.9 Å². The summed E-state index contributed by atoms with van der Waals surface area (Å²) in [7, 11) is 0. The Bertz CT molecular complexity index is 1080. The van der Waals surface area contributed by atoms with Crippen LogP contribution in [0.3, 0.4) is 0 Å². The summed E-state index contributed by atoms with van der Waals surface area (Å²) in [5.74, 6) is 1.15. The molecule has 2 aromatic heterocycles. The lowest BCUT2D eigenvalue weighted by Gasteiger charge is -2.36. The van der Waals surface area contributed by atoms with E-state index < -0.39 is 11.7 Å². The molecule has 1 saturated heterocycles. The van der Waals surface area contributed by atoms with Gasteiger partial charge in [-0.25, -0.2) is 9.97 Å². The van der Waals surface area contributed by atoms with Crippen LogP contribution in [-0.2, 0) is 17.5 Å². The van der Waals surface area contributed by atoms with Crippen molar-refractivity contribution < 1.29 is 18.0 Å². The fourth-order valence-corrected chi connectivity index (χ4v) is 3.99. The Morgan fingerprint density at radius 1 is 1.18 bits per heavy atom. The minimum atomic E-state index is -4.37. The molecule has 4 rings (SSSR count). The molecule has 0 aliphatic carbocycles. The van der Waals surface area contributed by atoms with Crippen LogP contribution in [0.15, 0.2) is 49.1 Å². The zero-order valence-corrected chi connectivity index (χ0v) is 18.2. The number of hydrogen-bond acceptors (Lipinski definition) is 5. The first-order valence-corrected chi connectivity index (χ1v) is 10.8. The monoisotopic (exact) mass is 458 g/mol. The Morgan fingerprint density at radius 2 is 1.97 bits per heavy atom. The maximum Gasteiger partial charge on any atom is 0.416 e. The summed E-state index contributed by atoms with van der Waals surface area (Å²) >= 11 is 0. The average Bonchev–Trinajstić information content (AvgIpc) is 3.32. The van der Waals surface area contributed by atoms with E-state index in [0.717, 1.165) is 49.5 Å². The van der Waals surface area contributed by atoms with E-state index in [4.69, 9.17) is 4.98 Å². The number of hydrogen-bond donors (Lipinski definition) is 1. The fraction of sp³-hybridized carbons (Fsp3) is 0.391. The van der Waals surface area contributed by atoms with Gasteiger partial charge in [0.25, 0.3) is 0 Å². The van der Waals surface area contributed by atoms with Crippen LogP contribution in [0.25, 0.3) is 5.95 Å². The first kappa shape index (κ1) is 22.8. The predicted molar refractivity (Wildman–Crippen MR) is 117 cm³/mol. The highest BCUT2D eigenvalue weighted by molar-refractivity contribution is 5.77. The summed E-state index contributed by atoms with van der Waals surface area (Å²) in [5, 5.41) is 2.83. The molecule has 3 heterocycles. The number of aromatic nitrogens is 4. The van der Waals surface area contributed by atoms with Crippen LogP contribution in [0.2, 0.25) is 0 Å². The van der Waals surface area contributed by atoms with Gasteiger partial charge in [-0.2, -0.15) is 18.2 Å². The molecule has 7 nitrogen and oxygen atoms in total. The molecule has 1 unspecified atom stereocenters. The van der Waals surface area contributed by atoms with Crippen LogP contribution in [0, 0.1) is 6.92 Å². The van der Waals surface area contributed by atoms with Crippen molar-refractivity contribution in [2.45, 2.75) is 51.4 Å². The van der Waals surface area contributed by atoms with E-state index in [1.54, 1.807) is 23.3 Å². The third-order valence-electron chi connectivity index (χ3n) is 5.68. The van der Waals surface area contributed by atoms with E-state index in [9.17, 15) is 18.0 Å². The Hall–Kier alpha value is -3.43. The number of nitrogens with one attached hydrogen (secondary N) is 1. The number of piperidine rings is 1. The van der Waals surface area contributed by atoms with Crippen molar-refractivity contribution in [2.75, 3.05) is 11.4 Å². The molecule has 174 valence electrons. The summed E-state index contributed by atoms with van der Waals surface area (Å²) in [5.41, 5.74) is 0.735. The van der Waals surface area contributed by atoms with Crippen molar-refractivity contribution in [1.82, 2.24) is 24.8 Å². The number of halogens is 3. The molecule has 1 aromatic carbocycles. The van der Waals surface area contributed by atoms with Crippen LogP contribution in [-0.4, -0.2) is 38.0 Å². The lowest BCUT2D eigenvalue weighted by atomic mass is 9.99. The maximum absolute atomic E-state index is 12.7. The van der Waals surface area contributed by atoms with Crippen molar-refractivity contribution in [1.29, 1.82) is 0 Å². The number of nitrogens with zero attached hydrogens (tertiary/aromatic N) is 5. The first-order valence-electron chi connectivity index (χ1n) is 10.8. The topological polar surface area (TPSA) is 75.9 Å². The SMILES string of the molecule is Cc1cc(N2CCCCC2CC(=O)NCc2ccc(C(F)(F)F)cc2)nc(-n2ccnc2)n1. The summed E-state index contributed by atoms with van der Waals surface area (Å²) in [6.45, 7) is 2.87. The minimum absolute atomic E-state index is 0.0173. The van der Waals surface area contributed by atoms with Crippen LogP contribution >= 0.6 is 0 Å². The number of alkyl halides is 3. The lowest BCUT2D eigenvalue weighted by molar-refractivity contribution is -0.137. The second-order valence-electron chi connectivity index (χ2n) is 8.16. The third-order valence-corrected chi connectivity index (χ3v) is 5.68. The predicted octanol–water partition coefficient (Wildman–Crippen LogP) is 4.05. The highest BCUT2D eigenvalue weighted by Gasteiger charge is 2.30. The zero-order chi connectivity index (χ0) is 23.4. The molecule has 1 fully saturated rings. The van der Waals surface area contributed by atoms with Crippen molar-refractivity contribution in [3.63, 3.8) is 0 Å². The standard InChI is InChI=1S/C23H25F3N6O/c1-16-12-20(30-22(29-16)31-11-9-27-15-31)32-10-3-2-4-19(32)13-21(33)28-14-17-5-7-18(8-6-17)23(24,25)26/h5-9,11-12,15,19H,2-4,10,13-14H2,1H3,(H,28,33). The molecule has 0 bridgehead atoms. The van der Waals surface area contributed by atoms with Gasteiger partial charge in [-0.1, -0.05) is 12.1 Å². The Balaban J connectivity index is 1.41. The number of benzene rings is 1. The van der Waals surface area contributed by atoms with Gasteiger partial charge >= 0.3 is 6.18 Å². The number of anilines is 1. The third kappa shape index (κ3) is 5.68. The van der Waals surface area contributed by atoms with Gasteiger partial charge in [-0.15, -0.1) is 0 Å². The van der Waals surface area contributed by atoms with Crippen LogP contribution in [0.5, 0.6) is 0 Å². The molecule has 1 aliphatic heterocycles. The molecule has 1 aliphatic rings. The number of carbonyl (C=O) groups excluding carboxylic acids is 1. The van der Waals surface area contributed by atoms with Gasteiger partial charge in [0.15, 0.2) is 0 Å². The number of aryl methyl sites for hydroxylation is 1. The van der Waals surface area contributed by atoms with Gasteiger partial charge in [0.05, 0.1) is 5.56 Å². The summed E-state index contributed by atoms with van der Waals surface area (Å²) < 4.78 is 39.9. The van der Waals surface area contributed by atoms with E-state index >= 15 is 0 Å². The second kappa shape index (κ2) is 9.60. The normalized spacial score (nSPS) is 16.6. The molecule has 10 heteroatoms. The minimum Gasteiger partial charge on any atom is -0.353 e. The molecular weight excluding hydrogens is 433 g/mol. The van der Waals surface area contributed by atoms with E-state index in [0.29, 0.717) is 11.5 Å². The molecule has 0 saturated carbocycles. The quantitative estimate of drug-likeness (QED) is 0.603.